The average molecular weight is 259 g/mol. The first-order chi connectivity index (χ1) is 8.09. The van der Waals surface area contributed by atoms with Gasteiger partial charge in [0, 0.05) is 6.54 Å². The summed E-state index contributed by atoms with van der Waals surface area (Å²) in [6.45, 7) is 0.987. The third kappa shape index (κ3) is 2.34. The molecule has 1 fully saturated rings. The molecule has 0 aromatic carbocycles. The maximum atomic E-state index is 10.8. The molecule has 17 heavy (non-hydrogen) atoms. The standard InChI is InChI=1S/C8H9N3O5S/c12-10(13)6-5-7(11(14)15)17-8(6)9-3-1-2-4-16-9/h5H,1-4H2. The van der Waals surface area contributed by atoms with Gasteiger partial charge in [-0.15, -0.1) is 0 Å². The Labute approximate surface area is 99.7 Å². The molecule has 2 rings (SSSR count). The quantitative estimate of drug-likeness (QED) is 0.608. The molecule has 1 aromatic heterocycles. The van der Waals surface area contributed by atoms with E-state index >= 15 is 0 Å². The second-order valence-corrected chi connectivity index (χ2v) is 4.44. The number of thiophene rings is 1. The molecule has 0 saturated carbocycles. The number of rotatable bonds is 3. The zero-order chi connectivity index (χ0) is 12.4. The summed E-state index contributed by atoms with van der Waals surface area (Å²) in [7, 11) is 0. The summed E-state index contributed by atoms with van der Waals surface area (Å²) in [6, 6.07) is 0.970. The van der Waals surface area contributed by atoms with E-state index in [1.54, 1.807) is 0 Å². The fraction of sp³-hybridized carbons (Fsp3) is 0.500. The average Bonchev–Trinajstić information content (AvgIpc) is 2.75. The van der Waals surface area contributed by atoms with Crippen molar-refractivity contribution in [1.29, 1.82) is 0 Å². The molecule has 0 bridgehead atoms. The largest absolute Gasteiger partial charge is 0.333 e. The Morgan fingerprint density at radius 3 is 2.59 bits per heavy atom. The van der Waals surface area contributed by atoms with Crippen LogP contribution in [-0.2, 0) is 4.84 Å². The van der Waals surface area contributed by atoms with E-state index in [4.69, 9.17) is 4.84 Å². The van der Waals surface area contributed by atoms with Gasteiger partial charge in [0.25, 0.3) is 0 Å². The second kappa shape index (κ2) is 4.63. The molecule has 1 aliphatic rings. The van der Waals surface area contributed by atoms with Crippen molar-refractivity contribution < 1.29 is 14.7 Å². The van der Waals surface area contributed by atoms with E-state index in [9.17, 15) is 20.2 Å². The highest BCUT2D eigenvalue weighted by Crippen LogP contribution is 2.42. The van der Waals surface area contributed by atoms with Gasteiger partial charge in [0.1, 0.15) is 6.07 Å². The molecule has 9 heteroatoms. The van der Waals surface area contributed by atoms with Crippen LogP contribution in [0.15, 0.2) is 6.07 Å². The number of anilines is 1. The molecule has 8 nitrogen and oxygen atoms in total. The van der Waals surface area contributed by atoms with Gasteiger partial charge in [-0.1, -0.05) is 0 Å². The Morgan fingerprint density at radius 2 is 2.06 bits per heavy atom. The minimum Gasteiger partial charge on any atom is -0.272 e. The van der Waals surface area contributed by atoms with Crippen molar-refractivity contribution in [3.05, 3.63) is 26.3 Å². The number of hydroxylamine groups is 1. The van der Waals surface area contributed by atoms with Crippen molar-refractivity contribution in [2.24, 2.45) is 0 Å². The third-order valence-corrected chi connectivity index (χ3v) is 3.37. The topological polar surface area (TPSA) is 98.8 Å². The summed E-state index contributed by atoms with van der Waals surface area (Å²) in [5.74, 6) is 0. The van der Waals surface area contributed by atoms with Gasteiger partial charge in [0.15, 0.2) is 0 Å². The molecule has 92 valence electrons. The van der Waals surface area contributed by atoms with Crippen LogP contribution in [0.3, 0.4) is 0 Å². The zero-order valence-corrected chi connectivity index (χ0v) is 9.51. The molecule has 1 aromatic rings. The fourth-order valence-corrected chi connectivity index (χ4v) is 2.44. The smallest absolute Gasteiger partial charge is 0.272 e. The Kier molecular flexibility index (Phi) is 3.20. The van der Waals surface area contributed by atoms with E-state index in [1.807, 2.05) is 0 Å². The summed E-state index contributed by atoms with van der Waals surface area (Å²) in [6.07, 6.45) is 1.74. The predicted molar refractivity (Wildman–Crippen MR) is 60.2 cm³/mol. The summed E-state index contributed by atoms with van der Waals surface area (Å²) >= 11 is 0.763. The van der Waals surface area contributed by atoms with Crippen molar-refractivity contribution in [2.45, 2.75) is 12.8 Å². The molecule has 1 aliphatic heterocycles. The molecule has 0 radical (unpaired) electrons. The maximum Gasteiger partial charge on any atom is 0.333 e. The molecular formula is C8H9N3O5S. The number of nitrogens with zero attached hydrogens (tertiary/aromatic N) is 3. The normalized spacial score (nSPS) is 15.9. The molecule has 1 saturated heterocycles. The lowest BCUT2D eigenvalue weighted by atomic mass is 10.3. The summed E-state index contributed by atoms with van der Waals surface area (Å²) < 4.78 is 0. The maximum absolute atomic E-state index is 10.8. The van der Waals surface area contributed by atoms with Crippen LogP contribution < -0.4 is 5.06 Å². The minimum absolute atomic E-state index is 0.196. The van der Waals surface area contributed by atoms with Crippen LogP contribution >= 0.6 is 11.3 Å². The SMILES string of the molecule is O=[N+]([O-])c1cc([N+](=O)[O-])c(N2CCCCO2)s1. The van der Waals surface area contributed by atoms with Crippen molar-refractivity contribution in [3.8, 4) is 0 Å². The molecule has 0 N–H and O–H groups in total. The highest BCUT2D eigenvalue weighted by atomic mass is 32.1. The number of hydrogen-bond acceptors (Lipinski definition) is 7. The lowest BCUT2D eigenvalue weighted by molar-refractivity contribution is -0.390. The van der Waals surface area contributed by atoms with E-state index in [0.717, 1.165) is 30.2 Å². The number of nitro groups is 2. The summed E-state index contributed by atoms with van der Waals surface area (Å²) in [4.78, 5) is 25.4. The Bertz CT molecular complexity index is 454. The van der Waals surface area contributed by atoms with E-state index in [1.165, 1.54) is 5.06 Å². The molecular weight excluding hydrogens is 250 g/mol. The lowest BCUT2D eigenvalue weighted by Gasteiger charge is -2.25. The van der Waals surface area contributed by atoms with Crippen LogP contribution in [0.5, 0.6) is 0 Å². The molecule has 0 aliphatic carbocycles. The highest BCUT2D eigenvalue weighted by molar-refractivity contribution is 7.19. The van der Waals surface area contributed by atoms with Crippen LogP contribution in [0.2, 0.25) is 0 Å². The summed E-state index contributed by atoms with van der Waals surface area (Å²) in [5.41, 5.74) is -0.274. The van der Waals surface area contributed by atoms with Gasteiger partial charge in [-0.25, -0.2) is 5.06 Å². The van der Waals surface area contributed by atoms with E-state index in [-0.39, 0.29) is 15.7 Å². The zero-order valence-electron chi connectivity index (χ0n) is 8.70. The lowest BCUT2D eigenvalue weighted by Crippen LogP contribution is -2.29. The van der Waals surface area contributed by atoms with E-state index in [0.29, 0.717) is 13.2 Å². The first-order valence-electron chi connectivity index (χ1n) is 4.92. The van der Waals surface area contributed by atoms with Crippen LogP contribution in [0.4, 0.5) is 15.7 Å². The van der Waals surface area contributed by atoms with Gasteiger partial charge in [-0.2, -0.15) is 0 Å². The van der Waals surface area contributed by atoms with E-state index in [2.05, 4.69) is 0 Å². The second-order valence-electron chi connectivity index (χ2n) is 3.43. The first kappa shape index (κ1) is 11.7. The molecule has 0 atom stereocenters. The minimum atomic E-state index is -0.634. The van der Waals surface area contributed by atoms with Gasteiger partial charge < -0.3 is 0 Å². The molecule has 2 heterocycles. The van der Waals surface area contributed by atoms with Crippen molar-refractivity contribution in [2.75, 3.05) is 18.2 Å². The molecule has 0 amide bonds. The van der Waals surface area contributed by atoms with Crippen molar-refractivity contribution >= 4 is 27.0 Å². The van der Waals surface area contributed by atoms with E-state index < -0.39 is 9.85 Å². The fourth-order valence-electron chi connectivity index (χ4n) is 1.52. The van der Waals surface area contributed by atoms with Gasteiger partial charge in [0.05, 0.1) is 16.5 Å². The highest BCUT2D eigenvalue weighted by Gasteiger charge is 2.30. The van der Waals surface area contributed by atoms with Gasteiger partial charge in [-0.05, 0) is 24.2 Å². The predicted octanol–water partition coefficient (Wildman–Crippen LogP) is 2.10. The van der Waals surface area contributed by atoms with Crippen LogP contribution in [0.1, 0.15) is 12.8 Å². The monoisotopic (exact) mass is 259 g/mol. The van der Waals surface area contributed by atoms with Gasteiger partial charge >= 0.3 is 10.7 Å². The Balaban J connectivity index is 2.36. The van der Waals surface area contributed by atoms with Crippen LogP contribution in [-0.4, -0.2) is 23.0 Å². The Morgan fingerprint density at radius 1 is 1.29 bits per heavy atom. The third-order valence-electron chi connectivity index (χ3n) is 2.29. The first-order valence-corrected chi connectivity index (χ1v) is 5.74. The number of hydrogen-bond donors (Lipinski definition) is 0. The molecule has 0 unspecified atom stereocenters. The molecule has 0 spiro atoms. The van der Waals surface area contributed by atoms with Crippen molar-refractivity contribution in [1.82, 2.24) is 0 Å². The Hall–Kier alpha value is -1.74. The van der Waals surface area contributed by atoms with Crippen LogP contribution in [0.25, 0.3) is 0 Å². The van der Waals surface area contributed by atoms with Gasteiger partial charge in [0.2, 0.25) is 5.00 Å². The van der Waals surface area contributed by atoms with Gasteiger partial charge in [-0.3, -0.25) is 25.1 Å². The van der Waals surface area contributed by atoms with Crippen molar-refractivity contribution in [3.63, 3.8) is 0 Å². The summed E-state index contributed by atoms with van der Waals surface area (Å²) in [5, 5.41) is 22.7. The van der Waals surface area contributed by atoms with Crippen LogP contribution in [0, 0.1) is 20.2 Å².